The molecule has 1 N–H and O–H groups in total. The van der Waals surface area contributed by atoms with Crippen molar-refractivity contribution in [2.45, 2.75) is 44.6 Å². The van der Waals surface area contributed by atoms with Crippen molar-refractivity contribution in [3.05, 3.63) is 37.5 Å². The maximum Gasteiger partial charge on any atom is 0.119 e. The van der Waals surface area contributed by atoms with Crippen LogP contribution < -0.4 is 0 Å². The Kier molecular flexibility index (Phi) is 12.1. The summed E-state index contributed by atoms with van der Waals surface area (Å²) >= 11 is 0. The molecule has 0 amide bonds. The Morgan fingerprint density at radius 2 is 1.78 bits per heavy atom. The van der Waals surface area contributed by atoms with Gasteiger partial charge in [-0.15, -0.1) is 13.2 Å². The third-order valence-corrected chi connectivity index (χ3v) is 2.20. The van der Waals surface area contributed by atoms with Crippen molar-refractivity contribution < 1.29 is 5.11 Å². The zero-order valence-corrected chi connectivity index (χ0v) is 11.0. The van der Waals surface area contributed by atoms with Crippen LogP contribution in [0, 0.1) is 23.7 Å². The van der Waals surface area contributed by atoms with Gasteiger partial charge in [0.1, 0.15) is 6.10 Å². The van der Waals surface area contributed by atoms with E-state index in [1.165, 1.54) is 12.8 Å². The highest BCUT2D eigenvalue weighted by Crippen LogP contribution is 2.00. The number of aliphatic hydroxyl groups excluding tert-OH is 1. The zero-order chi connectivity index (χ0) is 13.5. The van der Waals surface area contributed by atoms with E-state index in [1.807, 2.05) is 6.08 Å². The second-order valence-electron chi connectivity index (χ2n) is 3.86. The van der Waals surface area contributed by atoms with E-state index in [0.29, 0.717) is 12.8 Å². The van der Waals surface area contributed by atoms with Crippen LogP contribution in [-0.2, 0) is 0 Å². The van der Waals surface area contributed by atoms with Crippen LogP contribution in [0.2, 0.25) is 0 Å². The van der Waals surface area contributed by atoms with Gasteiger partial charge in [0.2, 0.25) is 0 Å². The fourth-order valence-electron chi connectivity index (χ4n) is 1.24. The molecule has 0 aromatic heterocycles. The van der Waals surface area contributed by atoms with Crippen molar-refractivity contribution in [1.82, 2.24) is 0 Å². The molecule has 0 fully saturated rings. The molecule has 0 aliphatic rings. The van der Waals surface area contributed by atoms with Crippen LogP contribution in [-0.4, -0.2) is 11.2 Å². The van der Waals surface area contributed by atoms with Gasteiger partial charge in [0.25, 0.3) is 0 Å². The average Bonchev–Trinajstić information content (AvgIpc) is 2.36. The fourth-order valence-corrected chi connectivity index (χ4v) is 1.24. The average molecular weight is 242 g/mol. The molecule has 0 aliphatic carbocycles. The van der Waals surface area contributed by atoms with E-state index in [0.717, 1.165) is 12.8 Å². The smallest absolute Gasteiger partial charge is 0.119 e. The van der Waals surface area contributed by atoms with Gasteiger partial charge in [-0.25, -0.2) is 0 Å². The van der Waals surface area contributed by atoms with Crippen LogP contribution in [0.4, 0.5) is 0 Å². The minimum absolute atomic E-state index is 0.485. The summed E-state index contributed by atoms with van der Waals surface area (Å²) in [5, 5.41) is 9.26. The summed E-state index contributed by atoms with van der Waals surface area (Å²) in [7, 11) is 0. The molecule has 0 radical (unpaired) electrons. The molecular weight excluding hydrogens is 220 g/mol. The fraction of sp³-hybridized carbons (Fsp3) is 0.412. The lowest BCUT2D eigenvalue weighted by atomic mass is 10.2. The number of aliphatic hydroxyl groups is 1. The molecule has 1 unspecified atom stereocenters. The number of allylic oxidation sites excluding steroid dienone is 3. The van der Waals surface area contributed by atoms with Gasteiger partial charge in [-0.05, 0) is 37.5 Å². The zero-order valence-electron chi connectivity index (χ0n) is 11.0. The van der Waals surface area contributed by atoms with Crippen molar-refractivity contribution in [2.75, 3.05) is 0 Å². The van der Waals surface area contributed by atoms with Crippen LogP contribution >= 0.6 is 0 Å². The molecular formula is C17H22O. The Hall–Kier alpha value is -1.70. The first kappa shape index (κ1) is 16.3. The molecule has 0 saturated carbocycles. The van der Waals surface area contributed by atoms with E-state index >= 15 is 0 Å². The van der Waals surface area contributed by atoms with E-state index in [2.05, 4.69) is 49.0 Å². The molecule has 18 heavy (non-hydrogen) atoms. The standard InChI is InChI=1S/C17H22O/c1-3-5-6-7-8-9-10-11-12-13-14-16-17(18)15-4-2/h3-4,9-10,17-18H,1-2,5-8,11,15H2. The van der Waals surface area contributed by atoms with Crippen LogP contribution in [0.5, 0.6) is 0 Å². The molecule has 0 aliphatic heterocycles. The second kappa shape index (κ2) is 13.4. The summed E-state index contributed by atoms with van der Waals surface area (Å²) in [5.74, 6) is 10.9. The first-order chi connectivity index (χ1) is 8.81. The third-order valence-electron chi connectivity index (χ3n) is 2.20. The third kappa shape index (κ3) is 12.4. The molecule has 0 saturated heterocycles. The molecule has 1 atom stereocenters. The molecule has 0 aromatic carbocycles. The van der Waals surface area contributed by atoms with Crippen LogP contribution in [0.15, 0.2) is 37.5 Å². The summed E-state index contributed by atoms with van der Waals surface area (Å²) in [4.78, 5) is 0. The van der Waals surface area contributed by atoms with Crippen molar-refractivity contribution in [3.8, 4) is 23.7 Å². The van der Waals surface area contributed by atoms with Crippen molar-refractivity contribution >= 4 is 0 Å². The Balaban J connectivity index is 3.61. The lowest BCUT2D eigenvalue weighted by Gasteiger charge is -1.93. The molecule has 0 bridgehead atoms. The Morgan fingerprint density at radius 1 is 1.00 bits per heavy atom. The summed E-state index contributed by atoms with van der Waals surface area (Å²) in [6.45, 7) is 7.21. The first-order valence-corrected chi connectivity index (χ1v) is 6.34. The maximum atomic E-state index is 9.26. The molecule has 96 valence electrons. The topological polar surface area (TPSA) is 20.2 Å². The first-order valence-electron chi connectivity index (χ1n) is 6.34. The van der Waals surface area contributed by atoms with E-state index in [4.69, 9.17) is 0 Å². The molecule has 0 aromatic rings. The normalized spacial score (nSPS) is 10.9. The molecule has 0 rings (SSSR count). The van der Waals surface area contributed by atoms with Gasteiger partial charge in [0.15, 0.2) is 0 Å². The number of hydrogen-bond acceptors (Lipinski definition) is 1. The molecule has 0 spiro atoms. The van der Waals surface area contributed by atoms with Crippen molar-refractivity contribution in [1.29, 1.82) is 0 Å². The van der Waals surface area contributed by atoms with E-state index in [9.17, 15) is 5.11 Å². The lowest BCUT2D eigenvalue weighted by Crippen LogP contribution is -1.99. The number of hydrogen-bond donors (Lipinski definition) is 1. The van der Waals surface area contributed by atoms with Gasteiger partial charge >= 0.3 is 0 Å². The van der Waals surface area contributed by atoms with Gasteiger partial charge in [0, 0.05) is 12.8 Å². The monoisotopic (exact) mass is 242 g/mol. The summed E-state index contributed by atoms with van der Waals surface area (Å²) in [6.07, 6.45) is 13.0. The Morgan fingerprint density at radius 3 is 2.50 bits per heavy atom. The van der Waals surface area contributed by atoms with Crippen LogP contribution in [0.3, 0.4) is 0 Å². The largest absolute Gasteiger partial charge is 0.380 e. The van der Waals surface area contributed by atoms with E-state index < -0.39 is 6.10 Å². The highest BCUT2D eigenvalue weighted by Gasteiger charge is 1.91. The van der Waals surface area contributed by atoms with Gasteiger partial charge in [-0.3, -0.25) is 0 Å². The molecule has 1 nitrogen and oxygen atoms in total. The molecule has 0 heterocycles. The van der Waals surface area contributed by atoms with E-state index in [-0.39, 0.29) is 0 Å². The minimum atomic E-state index is -0.641. The predicted molar refractivity (Wildman–Crippen MR) is 78.8 cm³/mol. The number of rotatable bonds is 8. The highest BCUT2D eigenvalue weighted by atomic mass is 16.3. The summed E-state index contributed by atoms with van der Waals surface area (Å²) < 4.78 is 0. The molecule has 1 heteroatoms. The SMILES string of the molecule is C=CCCCCC=CCC#CC#CC(O)CC=C. The van der Waals surface area contributed by atoms with Gasteiger partial charge < -0.3 is 5.11 Å². The van der Waals surface area contributed by atoms with E-state index in [1.54, 1.807) is 6.08 Å². The highest BCUT2D eigenvalue weighted by molar-refractivity contribution is 5.28. The summed E-state index contributed by atoms with van der Waals surface area (Å²) in [6, 6.07) is 0. The van der Waals surface area contributed by atoms with Crippen LogP contribution in [0.25, 0.3) is 0 Å². The van der Waals surface area contributed by atoms with Gasteiger partial charge in [0.05, 0.1) is 0 Å². The van der Waals surface area contributed by atoms with Crippen molar-refractivity contribution in [2.24, 2.45) is 0 Å². The van der Waals surface area contributed by atoms with Crippen LogP contribution in [0.1, 0.15) is 38.5 Å². The summed E-state index contributed by atoms with van der Waals surface area (Å²) in [5.41, 5.74) is 0. The maximum absolute atomic E-state index is 9.26. The second-order valence-corrected chi connectivity index (χ2v) is 3.86. The van der Waals surface area contributed by atoms with Gasteiger partial charge in [-0.1, -0.05) is 36.1 Å². The minimum Gasteiger partial charge on any atom is -0.380 e. The Bertz CT molecular complexity index is 368. The Labute approximate surface area is 111 Å². The number of unbranched alkanes of at least 4 members (excludes halogenated alkanes) is 3. The quantitative estimate of drug-likeness (QED) is 0.391. The van der Waals surface area contributed by atoms with Gasteiger partial charge in [-0.2, -0.15) is 0 Å². The van der Waals surface area contributed by atoms with Crippen molar-refractivity contribution in [3.63, 3.8) is 0 Å². The predicted octanol–water partition coefficient (Wildman–Crippen LogP) is 3.62. The lowest BCUT2D eigenvalue weighted by molar-refractivity contribution is 0.236.